The van der Waals surface area contributed by atoms with Crippen molar-refractivity contribution in [3.63, 3.8) is 0 Å². The Morgan fingerprint density at radius 1 is 1.29 bits per heavy atom. The predicted octanol–water partition coefficient (Wildman–Crippen LogP) is 2.40. The summed E-state index contributed by atoms with van der Waals surface area (Å²) in [7, 11) is 0. The molecule has 0 heterocycles. The van der Waals surface area contributed by atoms with Gasteiger partial charge in [-0.15, -0.1) is 0 Å². The molecule has 0 spiro atoms. The summed E-state index contributed by atoms with van der Waals surface area (Å²) >= 11 is 0. The van der Waals surface area contributed by atoms with Gasteiger partial charge < -0.3 is 6.42 Å². The van der Waals surface area contributed by atoms with Crippen molar-refractivity contribution in [2.75, 3.05) is 0 Å². The molecule has 40 valence electrons. The molecule has 0 N–H and O–H groups in total. The largest absolute Gasteiger partial charge is 0.329 e. The summed E-state index contributed by atoms with van der Waals surface area (Å²) in [6, 6.07) is 0. The number of rotatable bonds is 3. The second-order valence-electron chi connectivity index (χ2n) is 1.49. The number of unbranched alkanes of at least 4 members (excludes halogenated alkanes) is 3. The van der Waals surface area contributed by atoms with E-state index in [2.05, 4.69) is 20.3 Å². The van der Waals surface area contributed by atoms with Crippen molar-refractivity contribution in [1.82, 2.24) is 0 Å². The Balaban J connectivity index is 0. The van der Waals surface area contributed by atoms with Crippen LogP contribution in [-0.2, 0) is 19.5 Å². The maximum absolute atomic E-state index is 2.31. The van der Waals surface area contributed by atoms with E-state index in [1.165, 1.54) is 19.3 Å². The minimum absolute atomic E-state index is 0. The zero-order valence-corrected chi connectivity index (χ0v) is 8.37. The average molecular weight is 151 g/mol. The van der Waals surface area contributed by atoms with Crippen LogP contribution in [0.3, 0.4) is 0 Å². The molecule has 0 aromatic heterocycles. The van der Waals surface area contributed by atoms with Gasteiger partial charge in [0.1, 0.15) is 0 Å². The van der Waals surface area contributed by atoms with Crippen molar-refractivity contribution >= 4 is 0 Å². The van der Waals surface area contributed by atoms with Gasteiger partial charge in [-0.25, -0.2) is 0 Å². The Morgan fingerprint density at radius 2 is 1.86 bits per heavy atom. The van der Waals surface area contributed by atoms with Crippen LogP contribution in [0.15, 0.2) is 0 Å². The average Bonchev–Trinajstić information content (AvgIpc) is 1.61. The molecular weight excluding hydrogens is 137 g/mol. The van der Waals surface area contributed by atoms with Crippen molar-refractivity contribution < 1.29 is 19.5 Å². The molecule has 0 aliphatic rings. The van der Waals surface area contributed by atoms with Crippen molar-refractivity contribution in [1.29, 1.82) is 0 Å². The Morgan fingerprint density at radius 3 is 2.00 bits per heavy atom. The molecule has 0 saturated carbocycles. The summed E-state index contributed by atoms with van der Waals surface area (Å²) in [6.45, 7) is 4.38. The van der Waals surface area contributed by atoms with E-state index in [1.807, 2.05) is 0 Å². The Kier molecular flexibility index (Phi) is 14.8. The van der Waals surface area contributed by atoms with E-state index in [1.54, 1.807) is 0 Å². The van der Waals surface area contributed by atoms with Gasteiger partial charge in [-0.2, -0.15) is 12.8 Å². The first-order chi connectivity index (χ1) is 2.91. The minimum Gasteiger partial charge on any atom is -0.329 e. The molecule has 0 aliphatic heterocycles. The first-order valence-electron chi connectivity index (χ1n) is 2.73. The van der Waals surface area contributed by atoms with Crippen molar-refractivity contribution in [2.24, 2.45) is 0 Å². The second kappa shape index (κ2) is 9.80. The maximum atomic E-state index is 2.31. The fourth-order valence-corrected chi connectivity index (χ4v) is 0.408. The molecule has 0 atom stereocenters. The van der Waals surface area contributed by atoms with Gasteiger partial charge in [0.2, 0.25) is 0 Å². The van der Waals surface area contributed by atoms with Gasteiger partial charge in [0, 0.05) is 19.5 Å². The molecule has 0 saturated heterocycles. The van der Waals surface area contributed by atoms with Crippen molar-refractivity contribution in [3.05, 3.63) is 6.42 Å². The van der Waals surface area contributed by atoms with E-state index in [9.17, 15) is 0 Å². The van der Waals surface area contributed by atoms with Crippen LogP contribution < -0.4 is 0 Å². The zero-order chi connectivity index (χ0) is 4.83. The monoisotopic (exact) mass is 149 g/mol. The summed E-state index contributed by atoms with van der Waals surface area (Å²) in [5.74, 6) is 0. The van der Waals surface area contributed by atoms with Gasteiger partial charge in [-0.1, -0.05) is 20.3 Å². The number of hydrogen-bond acceptors (Lipinski definition) is 0. The standard InChI is InChI=1S/C6H13.Zn/c1-3-5-6-4-2;/h5H,3-4,6H2,1-2H3;/q-1;. The second-order valence-corrected chi connectivity index (χ2v) is 1.49. The molecule has 0 amide bonds. The molecule has 0 aromatic carbocycles. The Bertz CT molecular complexity index is 16.1. The van der Waals surface area contributed by atoms with Crippen LogP contribution in [0.1, 0.15) is 33.1 Å². The normalized spacial score (nSPS) is 7.71. The molecule has 0 aromatic rings. The summed E-state index contributed by atoms with van der Waals surface area (Å²) in [4.78, 5) is 0. The maximum Gasteiger partial charge on any atom is 0 e. The van der Waals surface area contributed by atoms with Crippen molar-refractivity contribution in [3.8, 4) is 0 Å². The summed E-state index contributed by atoms with van der Waals surface area (Å²) < 4.78 is 0. The SMILES string of the molecule is CC[CH-]CCC.[Zn]. The van der Waals surface area contributed by atoms with Crippen molar-refractivity contribution in [2.45, 2.75) is 33.1 Å². The van der Waals surface area contributed by atoms with Crippen LogP contribution in [-0.4, -0.2) is 0 Å². The molecule has 0 bridgehead atoms. The van der Waals surface area contributed by atoms with E-state index in [4.69, 9.17) is 0 Å². The Hall–Kier alpha value is 0.623. The molecule has 0 radical (unpaired) electrons. The van der Waals surface area contributed by atoms with Gasteiger partial charge in [0.25, 0.3) is 0 Å². The van der Waals surface area contributed by atoms with Gasteiger partial charge in [0.05, 0.1) is 0 Å². The fourth-order valence-electron chi connectivity index (χ4n) is 0.408. The Labute approximate surface area is 59.4 Å². The van der Waals surface area contributed by atoms with Crippen LogP contribution in [0.5, 0.6) is 0 Å². The van der Waals surface area contributed by atoms with Gasteiger partial charge in [-0.05, 0) is 0 Å². The topological polar surface area (TPSA) is 0 Å². The van der Waals surface area contributed by atoms with Crippen LogP contribution in [0, 0.1) is 6.42 Å². The van der Waals surface area contributed by atoms with Crippen LogP contribution in [0.2, 0.25) is 0 Å². The van der Waals surface area contributed by atoms with E-state index in [-0.39, 0.29) is 19.5 Å². The van der Waals surface area contributed by atoms with E-state index in [0.29, 0.717) is 0 Å². The quantitative estimate of drug-likeness (QED) is 0.329. The molecule has 1 heteroatoms. The fraction of sp³-hybridized carbons (Fsp3) is 0.833. The van der Waals surface area contributed by atoms with Gasteiger partial charge in [-0.3, -0.25) is 0 Å². The first-order valence-corrected chi connectivity index (χ1v) is 2.73. The predicted molar refractivity (Wildman–Crippen MR) is 29.5 cm³/mol. The van der Waals surface area contributed by atoms with E-state index in [0.717, 1.165) is 0 Å². The van der Waals surface area contributed by atoms with Crippen LogP contribution >= 0.6 is 0 Å². The minimum atomic E-state index is 0. The third-order valence-corrected chi connectivity index (χ3v) is 0.781. The molecule has 0 nitrogen and oxygen atoms in total. The third-order valence-electron chi connectivity index (χ3n) is 0.781. The van der Waals surface area contributed by atoms with E-state index >= 15 is 0 Å². The molecule has 7 heavy (non-hydrogen) atoms. The van der Waals surface area contributed by atoms with E-state index < -0.39 is 0 Å². The first kappa shape index (κ1) is 10.6. The zero-order valence-electron chi connectivity index (χ0n) is 5.41. The number of hydrogen-bond donors (Lipinski definition) is 0. The molecule has 0 unspecified atom stereocenters. The summed E-state index contributed by atoms with van der Waals surface area (Å²) in [6.07, 6.45) is 6.12. The molecular formula is C6H13Zn-. The summed E-state index contributed by atoms with van der Waals surface area (Å²) in [5, 5.41) is 0. The van der Waals surface area contributed by atoms with Gasteiger partial charge in [0.15, 0.2) is 0 Å². The van der Waals surface area contributed by atoms with Crippen LogP contribution in [0.4, 0.5) is 0 Å². The van der Waals surface area contributed by atoms with Gasteiger partial charge >= 0.3 is 0 Å². The smallest absolute Gasteiger partial charge is 0 e. The molecule has 0 aliphatic carbocycles. The molecule has 0 rings (SSSR count). The summed E-state index contributed by atoms with van der Waals surface area (Å²) in [5.41, 5.74) is 0. The third kappa shape index (κ3) is 10.8. The molecule has 0 fully saturated rings. The van der Waals surface area contributed by atoms with Crippen LogP contribution in [0.25, 0.3) is 0 Å².